The highest BCUT2D eigenvalue weighted by atomic mass is 16.5. The van der Waals surface area contributed by atoms with Crippen LogP contribution in [0.25, 0.3) is 0 Å². The molecule has 2 amide bonds. The van der Waals surface area contributed by atoms with Gasteiger partial charge in [0, 0.05) is 6.54 Å². The van der Waals surface area contributed by atoms with Gasteiger partial charge < -0.3 is 15.0 Å². The summed E-state index contributed by atoms with van der Waals surface area (Å²) in [5, 5.41) is 2.84. The van der Waals surface area contributed by atoms with Crippen LogP contribution in [0.2, 0.25) is 0 Å². The molecule has 0 saturated carbocycles. The summed E-state index contributed by atoms with van der Waals surface area (Å²) in [4.78, 5) is 26.6. The topological polar surface area (TPSA) is 58.6 Å². The molecule has 122 valence electrons. The highest BCUT2D eigenvalue weighted by molar-refractivity contribution is 5.97. The molecular weight excluding hydrogens is 268 g/mol. The van der Waals surface area contributed by atoms with Gasteiger partial charge in [0.05, 0.1) is 12.2 Å². The Balaban J connectivity index is 2.89. The van der Waals surface area contributed by atoms with E-state index >= 15 is 0 Å². The van der Waals surface area contributed by atoms with Crippen LogP contribution in [0.1, 0.15) is 54.9 Å². The van der Waals surface area contributed by atoms with Crippen molar-refractivity contribution in [1.82, 2.24) is 10.2 Å². The lowest BCUT2D eigenvalue weighted by atomic mass is 9.83. The van der Waals surface area contributed by atoms with Gasteiger partial charge in [-0.1, -0.05) is 27.7 Å². The van der Waals surface area contributed by atoms with Gasteiger partial charge in [-0.3, -0.25) is 9.59 Å². The number of carbonyl (C=O) groups is 2. The van der Waals surface area contributed by atoms with Crippen molar-refractivity contribution in [3.05, 3.63) is 0 Å². The maximum atomic E-state index is 12.6. The van der Waals surface area contributed by atoms with Gasteiger partial charge in [-0.15, -0.1) is 0 Å². The van der Waals surface area contributed by atoms with Crippen molar-refractivity contribution < 1.29 is 14.3 Å². The number of ether oxygens (including phenoxy) is 1. The average molecular weight is 298 g/mol. The van der Waals surface area contributed by atoms with Crippen LogP contribution >= 0.6 is 0 Å². The molecule has 0 aromatic rings. The number of piperazine rings is 1. The van der Waals surface area contributed by atoms with Crippen LogP contribution in [0.15, 0.2) is 0 Å². The molecule has 1 fully saturated rings. The van der Waals surface area contributed by atoms with Crippen molar-refractivity contribution in [3.8, 4) is 0 Å². The summed E-state index contributed by atoms with van der Waals surface area (Å²) in [7, 11) is 0. The minimum Gasteiger partial charge on any atom is -0.374 e. The first-order valence-electron chi connectivity index (χ1n) is 7.72. The molecule has 1 aliphatic heterocycles. The van der Waals surface area contributed by atoms with Crippen LogP contribution in [0, 0.1) is 5.41 Å². The van der Waals surface area contributed by atoms with E-state index in [1.54, 1.807) is 4.90 Å². The predicted molar refractivity (Wildman–Crippen MR) is 82.9 cm³/mol. The highest BCUT2D eigenvalue weighted by Crippen LogP contribution is 2.28. The molecule has 21 heavy (non-hydrogen) atoms. The van der Waals surface area contributed by atoms with E-state index in [2.05, 4.69) is 5.32 Å². The first-order valence-corrected chi connectivity index (χ1v) is 7.72. The maximum Gasteiger partial charge on any atom is 0.245 e. The molecule has 1 N–H and O–H groups in total. The number of nitrogens with one attached hydrogen (secondary N) is 1. The summed E-state index contributed by atoms with van der Waals surface area (Å²) in [6.07, 6.45) is 0.609. The van der Waals surface area contributed by atoms with E-state index in [-0.39, 0.29) is 22.8 Å². The van der Waals surface area contributed by atoms with E-state index < -0.39 is 12.1 Å². The second kappa shape index (κ2) is 6.34. The van der Waals surface area contributed by atoms with Gasteiger partial charge in [-0.25, -0.2) is 0 Å². The fourth-order valence-corrected chi connectivity index (χ4v) is 2.61. The van der Waals surface area contributed by atoms with Crippen molar-refractivity contribution in [2.24, 2.45) is 5.41 Å². The van der Waals surface area contributed by atoms with Crippen molar-refractivity contribution in [3.63, 3.8) is 0 Å². The van der Waals surface area contributed by atoms with Crippen LogP contribution in [-0.4, -0.2) is 47.6 Å². The van der Waals surface area contributed by atoms with Crippen LogP contribution in [-0.2, 0) is 14.3 Å². The lowest BCUT2D eigenvalue weighted by molar-refractivity contribution is -0.155. The molecule has 0 bridgehead atoms. The monoisotopic (exact) mass is 298 g/mol. The Hall–Kier alpha value is -1.10. The third-order valence-corrected chi connectivity index (χ3v) is 3.55. The summed E-state index contributed by atoms with van der Waals surface area (Å²) >= 11 is 0. The second-order valence-corrected chi connectivity index (χ2v) is 7.73. The fourth-order valence-electron chi connectivity index (χ4n) is 2.61. The van der Waals surface area contributed by atoms with E-state index in [0.29, 0.717) is 19.6 Å². The molecule has 1 heterocycles. The zero-order valence-corrected chi connectivity index (χ0v) is 14.4. The second-order valence-electron chi connectivity index (χ2n) is 7.73. The number of nitrogens with zero attached hydrogens (tertiary/aromatic N) is 1. The molecule has 5 nitrogen and oxygen atoms in total. The molecule has 1 saturated heterocycles. The molecule has 5 heteroatoms. The summed E-state index contributed by atoms with van der Waals surface area (Å²) in [6, 6.07) is -0.859. The van der Waals surface area contributed by atoms with Gasteiger partial charge in [0.15, 0.2) is 0 Å². The first kappa shape index (κ1) is 18.0. The summed E-state index contributed by atoms with van der Waals surface area (Å²) < 4.78 is 5.72. The van der Waals surface area contributed by atoms with Crippen molar-refractivity contribution in [2.75, 3.05) is 13.2 Å². The van der Waals surface area contributed by atoms with Crippen LogP contribution in [0.5, 0.6) is 0 Å². The molecule has 0 aromatic heterocycles. The predicted octanol–water partition coefficient (Wildman–Crippen LogP) is 1.95. The third kappa shape index (κ3) is 4.70. The van der Waals surface area contributed by atoms with Gasteiger partial charge >= 0.3 is 0 Å². The smallest absolute Gasteiger partial charge is 0.245 e. The maximum absolute atomic E-state index is 12.6. The molecule has 1 aliphatic rings. The molecular formula is C16H30N2O3. The van der Waals surface area contributed by atoms with Crippen molar-refractivity contribution in [1.29, 1.82) is 0 Å². The summed E-state index contributed by atoms with van der Waals surface area (Å²) in [6.45, 7) is 14.7. The van der Waals surface area contributed by atoms with Crippen LogP contribution in [0.4, 0.5) is 0 Å². The van der Waals surface area contributed by atoms with Gasteiger partial charge in [-0.2, -0.15) is 0 Å². The number of amides is 2. The van der Waals surface area contributed by atoms with E-state index in [9.17, 15) is 9.59 Å². The normalized spacial score (nSPS) is 24.2. The van der Waals surface area contributed by atoms with E-state index in [1.165, 1.54) is 0 Å². The number of hydrogen-bond donors (Lipinski definition) is 1. The Morgan fingerprint density at radius 2 is 1.71 bits per heavy atom. The number of rotatable bonds is 4. The fraction of sp³-hybridized carbons (Fsp3) is 0.875. The van der Waals surface area contributed by atoms with Gasteiger partial charge in [0.1, 0.15) is 12.1 Å². The Morgan fingerprint density at radius 3 is 2.14 bits per heavy atom. The molecule has 0 aliphatic carbocycles. The van der Waals surface area contributed by atoms with Crippen molar-refractivity contribution >= 4 is 11.8 Å². The molecule has 0 radical (unpaired) electrons. The SMILES string of the molecule is CCC1NC(=O)C(C(C)(C)C)N(CCOC(C)(C)C)C1=O. The Labute approximate surface area is 128 Å². The molecule has 1 rings (SSSR count). The van der Waals surface area contributed by atoms with Gasteiger partial charge in [0.25, 0.3) is 0 Å². The lowest BCUT2D eigenvalue weighted by Gasteiger charge is -2.44. The number of carbonyl (C=O) groups excluding carboxylic acids is 2. The number of hydrogen-bond acceptors (Lipinski definition) is 3. The Kier molecular flexibility index (Phi) is 5.42. The minimum atomic E-state index is -0.448. The lowest BCUT2D eigenvalue weighted by Crippen LogP contribution is -2.67. The zero-order chi connectivity index (χ0) is 16.4. The first-order chi connectivity index (χ1) is 9.47. The standard InChI is InChI=1S/C16H30N2O3/c1-8-11-14(20)18(9-10-21-16(5,6)7)12(13(19)17-11)15(2,3)4/h11-12H,8-10H2,1-7H3,(H,17,19). The minimum absolute atomic E-state index is 0.00506. The molecule has 2 unspecified atom stereocenters. The Bertz CT molecular complexity index is 393. The van der Waals surface area contributed by atoms with Crippen LogP contribution < -0.4 is 5.32 Å². The van der Waals surface area contributed by atoms with E-state index in [1.807, 2.05) is 48.5 Å². The van der Waals surface area contributed by atoms with Gasteiger partial charge in [0.2, 0.25) is 11.8 Å². The zero-order valence-electron chi connectivity index (χ0n) is 14.4. The average Bonchev–Trinajstić information content (AvgIpc) is 2.29. The molecule has 2 atom stereocenters. The highest BCUT2D eigenvalue weighted by Gasteiger charge is 2.45. The third-order valence-electron chi connectivity index (χ3n) is 3.55. The Morgan fingerprint density at radius 1 is 1.14 bits per heavy atom. The largest absolute Gasteiger partial charge is 0.374 e. The molecule has 0 spiro atoms. The van der Waals surface area contributed by atoms with Gasteiger partial charge in [-0.05, 0) is 32.6 Å². The van der Waals surface area contributed by atoms with Crippen LogP contribution in [0.3, 0.4) is 0 Å². The summed E-state index contributed by atoms with van der Waals surface area (Å²) in [5.41, 5.74) is -0.553. The summed E-state index contributed by atoms with van der Waals surface area (Å²) in [5.74, 6) is -0.0701. The van der Waals surface area contributed by atoms with E-state index in [0.717, 1.165) is 0 Å². The molecule has 0 aromatic carbocycles. The van der Waals surface area contributed by atoms with E-state index in [4.69, 9.17) is 4.74 Å². The van der Waals surface area contributed by atoms with Crippen molar-refractivity contribution in [2.45, 2.75) is 72.6 Å². The quantitative estimate of drug-likeness (QED) is 0.863.